The van der Waals surface area contributed by atoms with E-state index in [1.165, 1.54) is 0 Å². The van der Waals surface area contributed by atoms with Gasteiger partial charge in [0, 0.05) is 30.8 Å². The second-order valence-electron chi connectivity index (χ2n) is 7.53. The Bertz CT molecular complexity index is 1170. The zero-order chi connectivity index (χ0) is 21.8. The molecule has 1 aromatic carbocycles. The smallest absolute Gasteiger partial charge is 0.323 e. The molecule has 1 aliphatic rings. The third-order valence-corrected chi connectivity index (χ3v) is 5.44. The molecule has 2 amide bonds. The van der Waals surface area contributed by atoms with Crippen LogP contribution in [0.25, 0.3) is 22.8 Å². The minimum absolute atomic E-state index is 0.119. The summed E-state index contributed by atoms with van der Waals surface area (Å²) in [6, 6.07) is 18.8. The number of nitrogens with one attached hydrogen (secondary N) is 1. The summed E-state index contributed by atoms with van der Waals surface area (Å²) >= 11 is 0. The van der Waals surface area contributed by atoms with Gasteiger partial charge in [-0.05, 0) is 37.1 Å². The molecule has 0 radical (unpaired) electrons. The Morgan fingerprint density at radius 2 is 1.75 bits per heavy atom. The minimum atomic E-state index is -0.190. The van der Waals surface area contributed by atoms with Crippen LogP contribution in [0.1, 0.15) is 24.7 Å². The van der Waals surface area contributed by atoms with Crippen LogP contribution in [-0.4, -0.2) is 49.3 Å². The highest BCUT2D eigenvalue weighted by Gasteiger charge is 2.28. The summed E-state index contributed by atoms with van der Waals surface area (Å²) in [7, 11) is 0. The van der Waals surface area contributed by atoms with Crippen molar-refractivity contribution in [2.24, 2.45) is 0 Å². The first kappa shape index (κ1) is 19.8. The number of benzene rings is 1. The number of hydrogen-bond acceptors (Lipinski definition) is 7. The molecule has 0 saturated carbocycles. The van der Waals surface area contributed by atoms with Crippen molar-refractivity contribution in [3.63, 3.8) is 0 Å². The van der Waals surface area contributed by atoms with Gasteiger partial charge in [0.2, 0.25) is 11.7 Å². The maximum Gasteiger partial charge on any atom is 0.323 e. The number of anilines is 1. The van der Waals surface area contributed by atoms with Crippen molar-refractivity contribution in [3.05, 3.63) is 72.8 Å². The predicted molar refractivity (Wildman–Crippen MR) is 118 cm³/mol. The van der Waals surface area contributed by atoms with Gasteiger partial charge in [0.25, 0.3) is 0 Å². The molecule has 0 bridgehead atoms. The van der Waals surface area contributed by atoms with Gasteiger partial charge in [-0.2, -0.15) is 4.98 Å². The number of carbonyl (C=O) groups excluding carboxylic acids is 1. The largest absolute Gasteiger partial charge is 0.339 e. The molecule has 9 heteroatoms. The highest BCUT2D eigenvalue weighted by molar-refractivity contribution is 5.88. The number of urea groups is 1. The van der Waals surface area contributed by atoms with E-state index < -0.39 is 0 Å². The van der Waals surface area contributed by atoms with Gasteiger partial charge in [-0.25, -0.2) is 4.79 Å². The maximum absolute atomic E-state index is 12.6. The fourth-order valence-corrected chi connectivity index (χ4v) is 3.68. The number of nitrogens with zero attached hydrogens (tertiary/aromatic N) is 6. The third kappa shape index (κ3) is 4.31. The Kier molecular flexibility index (Phi) is 5.52. The zero-order valence-electron chi connectivity index (χ0n) is 17.3. The molecule has 1 aliphatic heterocycles. The molecule has 4 heterocycles. The Hall–Kier alpha value is -4.14. The number of likely N-dealkylation sites (tertiary alicyclic amines) is 1. The molecule has 0 aliphatic carbocycles. The average Bonchev–Trinajstić information content (AvgIpc) is 3.36. The van der Waals surface area contributed by atoms with E-state index in [9.17, 15) is 4.79 Å². The van der Waals surface area contributed by atoms with Gasteiger partial charge in [0.1, 0.15) is 5.69 Å². The lowest BCUT2D eigenvalue weighted by molar-refractivity contribution is 0.187. The molecule has 4 aromatic rings. The topological polar surface area (TPSA) is 110 Å². The molecular weight excluding hydrogens is 406 g/mol. The van der Waals surface area contributed by atoms with E-state index in [0.29, 0.717) is 36.3 Å². The summed E-state index contributed by atoms with van der Waals surface area (Å²) in [5.41, 5.74) is 2.42. The van der Waals surface area contributed by atoms with E-state index in [4.69, 9.17) is 4.52 Å². The van der Waals surface area contributed by atoms with E-state index in [1.54, 1.807) is 17.2 Å². The number of carbonyl (C=O) groups is 1. The summed E-state index contributed by atoms with van der Waals surface area (Å²) < 4.78 is 5.46. The zero-order valence-corrected chi connectivity index (χ0v) is 17.3. The number of rotatable bonds is 4. The fourth-order valence-electron chi connectivity index (χ4n) is 3.68. The molecule has 5 rings (SSSR count). The summed E-state index contributed by atoms with van der Waals surface area (Å²) in [4.78, 5) is 23.2. The van der Waals surface area contributed by atoms with Gasteiger partial charge in [0.05, 0.1) is 5.69 Å². The monoisotopic (exact) mass is 427 g/mol. The molecule has 0 unspecified atom stereocenters. The van der Waals surface area contributed by atoms with Crippen LogP contribution in [-0.2, 0) is 0 Å². The molecule has 0 spiro atoms. The van der Waals surface area contributed by atoms with Crippen molar-refractivity contribution in [3.8, 4) is 22.8 Å². The first-order valence-corrected chi connectivity index (χ1v) is 10.5. The normalized spacial score (nSPS) is 14.3. The van der Waals surface area contributed by atoms with E-state index >= 15 is 0 Å². The SMILES string of the molecule is O=C(Nc1ccc(-c2ccccc2)nn1)N1CCC(c2nc(-c3ccccn3)no2)CC1. The highest BCUT2D eigenvalue weighted by atomic mass is 16.5. The molecule has 1 saturated heterocycles. The summed E-state index contributed by atoms with van der Waals surface area (Å²) in [6.45, 7) is 1.18. The van der Waals surface area contributed by atoms with E-state index in [2.05, 4.69) is 30.6 Å². The van der Waals surface area contributed by atoms with Gasteiger partial charge < -0.3 is 9.42 Å². The van der Waals surface area contributed by atoms with Crippen molar-refractivity contribution in [2.75, 3.05) is 18.4 Å². The predicted octanol–water partition coefficient (Wildman–Crippen LogP) is 4.00. The van der Waals surface area contributed by atoms with Gasteiger partial charge in [-0.3, -0.25) is 10.3 Å². The van der Waals surface area contributed by atoms with Crippen LogP contribution in [0, 0.1) is 0 Å². The fraction of sp³-hybridized carbons (Fsp3) is 0.217. The summed E-state index contributed by atoms with van der Waals surface area (Å²) in [6.07, 6.45) is 3.19. The molecule has 1 N–H and O–H groups in total. The van der Waals surface area contributed by atoms with Gasteiger partial charge in [-0.1, -0.05) is 41.6 Å². The molecular formula is C23H21N7O2. The quantitative estimate of drug-likeness (QED) is 0.524. The van der Waals surface area contributed by atoms with E-state index in [1.807, 2.05) is 54.6 Å². The molecule has 160 valence electrons. The van der Waals surface area contributed by atoms with Crippen molar-refractivity contribution in [1.29, 1.82) is 0 Å². The van der Waals surface area contributed by atoms with Crippen molar-refractivity contribution < 1.29 is 9.32 Å². The number of hydrogen-bond donors (Lipinski definition) is 1. The molecule has 0 atom stereocenters. The van der Waals surface area contributed by atoms with Crippen LogP contribution >= 0.6 is 0 Å². The van der Waals surface area contributed by atoms with Gasteiger partial charge in [-0.15, -0.1) is 10.2 Å². The third-order valence-electron chi connectivity index (χ3n) is 5.44. The first-order valence-electron chi connectivity index (χ1n) is 10.5. The lowest BCUT2D eigenvalue weighted by Gasteiger charge is -2.30. The van der Waals surface area contributed by atoms with E-state index in [0.717, 1.165) is 24.1 Å². The maximum atomic E-state index is 12.6. The number of piperidine rings is 1. The molecule has 1 fully saturated rings. The first-order chi connectivity index (χ1) is 15.8. The minimum Gasteiger partial charge on any atom is -0.339 e. The highest BCUT2D eigenvalue weighted by Crippen LogP contribution is 2.28. The lowest BCUT2D eigenvalue weighted by Crippen LogP contribution is -2.40. The lowest BCUT2D eigenvalue weighted by atomic mass is 9.97. The van der Waals surface area contributed by atoms with Gasteiger partial charge in [0.15, 0.2) is 5.82 Å². The second-order valence-corrected chi connectivity index (χ2v) is 7.53. The van der Waals surface area contributed by atoms with E-state index in [-0.39, 0.29) is 11.9 Å². The van der Waals surface area contributed by atoms with Crippen LogP contribution in [0.15, 0.2) is 71.4 Å². The van der Waals surface area contributed by atoms with Crippen molar-refractivity contribution in [2.45, 2.75) is 18.8 Å². The summed E-state index contributed by atoms with van der Waals surface area (Å²) in [5, 5.41) is 15.2. The Balaban J connectivity index is 1.16. The van der Waals surface area contributed by atoms with Crippen molar-refractivity contribution in [1.82, 2.24) is 30.2 Å². The number of aromatic nitrogens is 5. The van der Waals surface area contributed by atoms with Crippen LogP contribution in [0.2, 0.25) is 0 Å². The van der Waals surface area contributed by atoms with Crippen LogP contribution < -0.4 is 5.32 Å². The molecule has 3 aromatic heterocycles. The van der Waals surface area contributed by atoms with Crippen LogP contribution in [0.5, 0.6) is 0 Å². The Labute approximate surface area is 184 Å². The molecule has 9 nitrogen and oxygen atoms in total. The van der Waals surface area contributed by atoms with Crippen LogP contribution in [0.4, 0.5) is 10.6 Å². The second kappa shape index (κ2) is 8.93. The number of pyridine rings is 1. The Morgan fingerprint density at radius 1 is 0.938 bits per heavy atom. The number of amides is 2. The van der Waals surface area contributed by atoms with Gasteiger partial charge >= 0.3 is 6.03 Å². The summed E-state index contributed by atoms with van der Waals surface area (Å²) in [5.74, 6) is 1.62. The van der Waals surface area contributed by atoms with Crippen molar-refractivity contribution >= 4 is 11.8 Å². The standard InChI is InChI=1S/C23H21N7O2/c31-23(25-20-10-9-18(27-28-20)16-6-2-1-3-7-16)30-14-11-17(12-15-30)22-26-21(29-32-22)19-8-4-5-13-24-19/h1-10,13,17H,11-12,14-15H2,(H,25,28,31). The molecule has 32 heavy (non-hydrogen) atoms. The van der Waals surface area contributed by atoms with Crippen LogP contribution in [0.3, 0.4) is 0 Å². The average molecular weight is 427 g/mol. The Morgan fingerprint density at radius 3 is 2.47 bits per heavy atom.